The van der Waals surface area contributed by atoms with Gasteiger partial charge in [-0.05, 0) is 48.6 Å². The van der Waals surface area contributed by atoms with Crippen LogP contribution in [0.2, 0.25) is 0 Å². The van der Waals surface area contributed by atoms with Gasteiger partial charge in [0.05, 0.1) is 15.3 Å². The van der Waals surface area contributed by atoms with Gasteiger partial charge in [0, 0.05) is 0 Å². The van der Waals surface area contributed by atoms with Crippen LogP contribution in [0.25, 0.3) is 21.7 Å². The number of aryl methyl sites for hydroxylation is 2. The molecule has 2 N–H and O–H groups in total. The topological polar surface area (TPSA) is 86.2 Å². The van der Waals surface area contributed by atoms with Crippen LogP contribution >= 0.6 is 11.3 Å². The lowest BCUT2D eigenvalue weighted by molar-refractivity contribution is 0.400. The quantitative estimate of drug-likeness (QED) is 0.796. The van der Waals surface area contributed by atoms with Gasteiger partial charge < -0.3 is 4.52 Å². The molecular formula is C15H14N2O3S2. The fraction of sp³-hybridized carbons (Fsp3) is 0.133. The van der Waals surface area contributed by atoms with E-state index in [9.17, 15) is 8.42 Å². The number of aromatic nitrogens is 1. The molecule has 0 fully saturated rings. The second-order valence-corrected chi connectivity index (χ2v) is 7.49. The first-order chi connectivity index (χ1) is 10.4. The molecule has 2 heterocycles. The highest BCUT2D eigenvalue weighted by Gasteiger charge is 2.18. The molecule has 0 aliphatic heterocycles. The minimum atomic E-state index is -3.69. The van der Waals surface area contributed by atoms with Gasteiger partial charge in [0.25, 0.3) is 0 Å². The molecule has 3 rings (SSSR count). The molecule has 0 atom stereocenters. The number of hydrogen-bond acceptors (Lipinski definition) is 5. The zero-order valence-electron chi connectivity index (χ0n) is 12.0. The van der Waals surface area contributed by atoms with Crippen molar-refractivity contribution in [3.05, 3.63) is 47.0 Å². The van der Waals surface area contributed by atoms with Gasteiger partial charge in [0.1, 0.15) is 11.5 Å². The average Bonchev–Trinajstić information content (AvgIpc) is 3.04. The number of rotatable bonds is 3. The predicted molar refractivity (Wildman–Crippen MR) is 86.1 cm³/mol. The Hall–Kier alpha value is -1.96. The monoisotopic (exact) mass is 334 g/mol. The van der Waals surface area contributed by atoms with Crippen LogP contribution in [0.4, 0.5) is 0 Å². The van der Waals surface area contributed by atoms with Gasteiger partial charge in [-0.25, -0.2) is 13.6 Å². The number of nitrogens with zero attached hydrogens (tertiary/aromatic N) is 1. The average molecular weight is 334 g/mol. The molecule has 5 nitrogen and oxygen atoms in total. The van der Waals surface area contributed by atoms with Crippen LogP contribution in [0.3, 0.4) is 0 Å². The van der Waals surface area contributed by atoms with Gasteiger partial charge >= 0.3 is 0 Å². The second-order valence-electron chi connectivity index (χ2n) is 5.02. The Morgan fingerprint density at radius 1 is 1.18 bits per heavy atom. The molecule has 0 amide bonds. The van der Waals surface area contributed by atoms with Crippen molar-refractivity contribution in [2.75, 3.05) is 0 Å². The molecule has 0 spiro atoms. The van der Waals surface area contributed by atoms with Gasteiger partial charge in [0.2, 0.25) is 10.0 Å². The molecule has 114 valence electrons. The lowest BCUT2D eigenvalue weighted by atomic mass is 10.0. The summed E-state index contributed by atoms with van der Waals surface area (Å²) in [5.41, 5.74) is 3.63. The Morgan fingerprint density at radius 3 is 2.41 bits per heavy atom. The number of thiophene rings is 1. The summed E-state index contributed by atoms with van der Waals surface area (Å²) < 4.78 is 28.0. The first kappa shape index (κ1) is 15.0. The minimum Gasteiger partial charge on any atom is -0.360 e. The van der Waals surface area contributed by atoms with Gasteiger partial charge in [0.15, 0.2) is 0 Å². The minimum absolute atomic E-state index is 0.0823. The Balaban J connectivity index is 2.11. The van der Waals surface area contributed by atoms with Crippen LogP contribution in [0.15, 0.2) is 45.1 Å². The third-order valence-corrected chi connectivity index (χ3v) is 5.28. The Labute approximate surface area is 132 Å². The molecule has 0 saturated carbocycles. The highest BCUT2D eigenvalue weighted by Crippen LogP contribution is 2.37. The van der Waals surface area contributed by atoms with Gasteiger partial charge in [-0.2, -0.15) is 0 Å². The maximum atomic E-state index is 11.3. The van der Waals surface area contributed by atoms with E-state index in [1.807, 2.05) is 25.3 Å². The number of primary sulfonamides is 1. The lowest BCUT2D eigenvalue weighted by Crippen LogP contribution is -2.11. The first-order valence-corrected chi connectivity index (χ1v) is 8.94. The third-order valence-electron chi connectivity index (χ3n) is 3.30. The molecule has 3 aromatic rings. The van der Waals surface area contributed by atoms with Gasteiger partial charge in [-0.15, -0.1) is 11.3 Å². The smallest absolute Gasteiger partial charge is 0.238 e. The zero-order valence-corrected chi connectivity index (χ0v) is 13.7. The molecule has 0 saturated heterocycles. The van der Waals surface area contributed by atoms with Crippen molar-refractivity contribution < 1.29 is 12.9 Å². The lowest BCUT2D eigenvalue weighted by Gasteiger charge is -2.03. The molecule has 22 heavy (non-hydrogen) atoms. The summed E-state index contributed by atoms with van der Waals surface area (Å²) in [6.45, 7) is 3.85. The Bertz CT molecular complexity index is 922. The molecule has 2 aromatic heterocycles. The summed E-state index contributed by atoms with van der Waals surface area (Å²) in [6.07, 6.45) is 0. The highest BCUT2D eigenvalue weighted by atomic mass is 32.2. The van der Waals surface area contributed by atoms with Crippen molar-refractivity contribution in [3.63, 3.8) is 0 Å². The summed E-state index contributed by atoms with van der Waals surface area (Å²) in [4.78, 5) is 1.10. The molecule has 0 unspecified atom stereocenters. The summed E-state index contributed by atoms with van der Waals surface area (Å²) in [7, 11) is -3.69. The summed E-state index contributed by atoms with van der Waals surface area (Å²) in [6, 6.07) is 8.44. The van der Waals surface area contributed by atoms with Crippen molar-refractivity contribution in [1.29, 1.82) is 0 Å². The largest absolute Gasteiger partial charge is 0.360 e. The molecule has 0 radical (unpaired) electrons. The van der Waals surface area contributed by atoms with Crippen molar-refractivity contribution in [1.82, 2.24) is 5.16 Å². The van der Waals surface area contributed by atoms with Crippen molar-refractivity contribution in [2.24, 2.45) is 5.14 Å². The normalized spacial score (nSPS) is 11.8. The molecular weight excluding hydrogens is 320 g/mol. The van der Waals surface area contributed by atoms with E-state index in [0.29, 0.717) is 5.76 Å². The zero-order chi connectivity index (χ0) is 15.9. The van der Waals surface area contributed by atoms with Crippen LogP contribution in [0.1, 0.15) is 11.3 Å². The van der Waals surface area contributed by atoms with Crippen LogP contribution in [0.5, 0.6) is 0 Å². The van der Waals surface area contributed by atoms with Crippen LogP contribution < -0.4 is 5.14 Å². The number of nitrogens with two attached hydrogens (primary N) is 1. The summed E-state index contributed by atoms with van der Waals surface area (Å²) in [5, 5.41) is 11.3. The first-order valence-electron chi connectivity index (χ1n) is 6.51. The number of hydrogen-bond donors (Lipinski definition) is 1. The standard InChI is InChI=1S/C15H14N2O3S2/c1-9-7-13(21-8-9)15-14(10(2)20-17-15)11-3-5-12(6-4-11)22(16,18)19/h3-8H,1-2H3,(H2,16,18,19). The molecule has 0 aliphatic rings. The maximum absolute atomic E-state index is 11.3. The van der Waals surface area contributed by atoms with Crippen molar-refractivity contribution in [3.8, 4) is 21.7 Å². The van der Waals surface area contributed by atoms with E-state index in [1.54, 1.807) is 23.5 Å². The second kappa shape index (κ2) is 5.35. The Morgan fingerprint density at radius 2 is 1.86 bits per heavy atom. The molecule has 0 aliphatic carbocycles. The van der Waals surface area contributed by atoms with E-state index in [4.69, 9.17) is 9.66 Å². The van der Waals surface area contributed by atoms with E-state index in [-0.39, 0.29) is 4.90 Å². The van der Waals surface area contributed by atoms with Crippen LogP contribution in [-0.4, -0.2) is 13.6 Å². The number of sulfonamides is 1. The van der Waals surface area contributed by atoms with E-state index in [2.05, 4.69) is 5.16 Å². The molecule has 1 aromatic carbocycles. The predicted octanol–water partition coefficient (Wildman–Crippen LogP) is 3.33. The van der Waals surface area contributed by atoms with E-state index in [0.717, 1.165) is 27.3 Å². The fourth-order valence-electron chi connectivity index (χ4n) is 2.25. The summed E-state index contributed by atoms with van der Waals surface area (Å²) >= 11 is 1.59. The van der Waals surface area contributed by atoms with E-state index in [1.165, 1.54) is 12.1 Å². The van der Waals surface area contributed by atoms with Crippen LogP contribution in [-0.2, 0) is 10.0 Å². The number of benzene rings is 1. The molecule has 0 bridgehead atoms. The van der Waals surface area contributed by atoms with E-state index < -0.39 is 10.0 Å². The SMILES string of the molecule is Cc1csc(-c2noc(C)c2-c2ccc(S(N)(=O)=O)cc2)c1. The maximum Gasteiger partial charge on any atom is 0.238 e. The molecule has 7 heteroatoms. The van der Waals surface area contributed by atoms with Crippen molar-refractivity contribution >= 4 is 21.4 Å². The highest BCUT2D eigenvalue weighted by molar-refractivity contribution is 7.89. The van der Waals surface area contributed by atoms with Crippen LogP contribution in [0, 0.1) is 13.8 Å². The Kier molecular flexibility index (Phi) is 3.64. The van der Waals surface area contributed by atoms with Gasteiger partial charge in [-0.3, -0.25) is 0 Å². The van der Waals surface area contributed by atoms with Crippen molar-refractivity contribution in [2.45, 2.75) is 18.7 Å². The fourth-order valence-corrected chi connectivity index (χ4v) is 3.65. The van der Waals surface area contributed by atoms with E-state index >= 15 is 0 Å². The van der Waals surface area contributed by atoms with Gasteiger partial charge in [-0.1, -0.05) is 17.3 Å². The summed E-state index contributed by atoms with van der Waals surface area (Å²) in [5.74, 6) is 0.685. The third kappa shape index (κ3) is 2.70.